The molecule has 1 aromatic carbocycles. The Balaban J connectivity index is 1.97. The lowest BCUT2D eigenvalue weighted by molar-refractivity contribution is 0.208. The summed E-state index contributed by atoms with van der Waals surface area (Å²) in [5, 5.41) is 0. The number of rotatable bonds is 2. The zero-order valence-corrected chi connectivity index (χ0v) is 9.53. The molecule has 0 radical (unpaired) electrons. The Bertz CT molecular complexity index is 316. The molecule has 1 fully saturated rings. The Hall–Kier alpha value is -0.540. The molecule has 0 amide bonds. The van der Waals surface area contributed by atoms with E-state index in [1.54, 1.807) is 0 Å². The summed E-state index contributed by atoms with van der Waals surface area (Å²) in [4.78, 5) is 0. The summed E-state index contributed by atoms with van der Waals surface area (Å²) in [6.45, 7) is 0. The fraction of sp³-hybridized carbons (Fsp3) is 0.455. The van der Waals surface area contributed by atoms with E-state index < -0.39 is 0 Å². The highest BCUT2D eigenvalue weighted by Crippen LogP contribution is 2.25. The molecule has 0 bridgehead atoms. The van der Waals surface area contributed by atoms with Crippen LogP contribution < -0.4 is 10.5 Å². The molecule has 0 aromatic heterocycles. The molecule has 2 N–H and O–H groups in total. The van der Waals surface area contributed by atoms with E-state index in [9.17, 15) is 0 Å². The SMILES string of the molecule is NC1CCC(Oc2cccc(Br)c2)C1. The van der Waals surface area contributed by atoms with Crippen molar-refractivity contribution in [1.29, 1.82) is 0 Å². The second kappa shape index (κ2) is 4.32. The van der Waals surface area contributed by atoms with Crippen LogP contribution in [0.15, 0.2) is 28.7 Å². The number of ether oxygens (including phenoxy) is 1. The van der Waals surface area contributed by atoms with Crippen LogP contribution in [0, 0.1) is 0 Å². The topological polar surface area (TPSA) is 35.2 Å². The fourth-order valence-electron chi connectivity index (χ4n) is 1.81. The third-order valence-electron chi connectivity index (χ3n) is 2.52. The molecule has 2 rings (SSSR count). The average molecular weight is 256 g/mol. The lowest BCUT2D eigenvalue weighted by Crippen LogP contribution is -2.19. The summed E-state index contributed by atoms with van der Waals surface area (Å²) in [6, 6.07) is 8.27. The molecule has 1 aliphatic carbocycles. The molecule has 0 saturated heterocycles. The zero-order chi connectivity index (χ0) is 9.97. The summed E-state index contributed by atoms with van der Waals surface area (Å²) < 4.78 is 6.87. The van der Waals surface area contributed by atoms with Crippen LogP contribution >= 0.6 is 15.9 Å². The van der Waals surface area contributed by atoms with Crippen LogP contribution in [0.3, 0.4) is 0 Å². The van der Waals surface area contributed by atoms with Gasteiger partial charge in [0.05, 0.1) is 0 Å². The van der Waals surface area contributed by atoms with Gasteiger partial charge in [0, 0.05) is 10.5 Å². The van der Waals surface area contributed by atoms with Crippen LogP contribution in [0.1, 0.15) is 19.3 Å². The van der Waals surface area contributed by atoms with Crippen molar-refractivity contribution < 1.29 is 4.74 Å². The van der Waals surface area contributed by atoms with E-state index in [0.29, 0.717) is 12.1 Å². The lowest BCUT2D eigenvalue weighted by atomic mass is 10.3. The highest BCUT2D eigenvalue weighted by atomic mass is 79.9. The van der Waals surface area contributed by atoms with Crippen molar-refractivity contribution in [2.45, 2.75) is 31.4 Å². The van der Waals surface area contributed by atoms with Gasteiger partial charge in [-0.3, -0.25) is 0 Å². The normalized spacial score (nSPS) is 26.4. The minimum Gasteiger partial charge on any atom is -0.490 e. The molecule has 0 aliphatic heterocycles. The van der Waals surface area contributed by atoms with E-state index in [1.165, 1.54) is 0 Å². The van der Waals surface area contributed by atoms with Crippen molar-refractivity contribution in [2.24, 2.45) is 5.73 Å². The third kappa shape index (κ3) is 2.49. The van der Waals surface area contributed by atoms with Crippen LogP contribution in [-0.4, -0.2) is 12.1 Å². The largest absolute Gasteiger partial charge is 0.490 e. The molecule has 2 nitrogen and oxygen atoms in total. The molecule has 76 valence electrons. The van der Waals surface area contributed by atoms with Crippen molar-refractivity contribution >= 4 is 15.9 Å². The van der Waals surface area contributed by atoms with Crippen molar-refractivity contribution in [2.75, 3.05) is 0 Å². The molecule has 1 aliphatic rings. The first-order valence-corrected chi connectivity index (χ1v) is 5.71. The molecule has 1 saturated carbocycles. The van der Waals surface area contributed by atoms with Crippen molar-refractivity contribution in [3.05, 3.63) is 28.7 Å². The summed E-state index contributed by atoms with van der Waals surface area (Å²) in [5.74, 6) is 0.929. The zero-order valence-electron chi connectivity index (χ0n) is 7.95. The molecule has 0 heterocycles. The van der Waals surface area contributed by atoms with Crippen LogP contribution in [0.2, 0.25) is 0 Å². The average Bonchev–Trinajstić information content (AvgIpc) is 2.51. The first-order chi connectivity index (χ1) is 6.74. The quantitative estimate of drug-likeness (QED) is 0.882. The second-order valence-corrected chi connectivity index (χ2v) is 4.69. The fourth-order valence-corrected chi connectivity index (χ4v) is 2.19. The number of benzene rings is 1. The van der Waals surface area contributed by atoms with Crippen LogP contribution in [0.5, 0.6) is 5.75 Å². The summed E-state index contributed by atoms with van der Waals surface area (Å²) in [7, 11) is 0. The summed E-state index contributed by atoms with van der Waals surface area (Å²) in [5.41, 5.74) is 5.82. The van der Waals surface area contributed by atoms with Gasteiger partial charge in [-0.2, -0.15) is 0 Å². The Morgan fingerprint density at radius 2 is 2.21 bits per heavy atom. The molecule has 14 heavy (non-hydrogen) atoms. The molecule has 1 aromatic rings. The molecule has 0 spiro atoms. The van der Waals surface area contributed by atoms with Gasteiger partial charge in [0.2, 0.25) is 0 Å². The van der Waals surface area contributed by atoms with Gasteiger partial charge >= 0.3 is 0 Å². The monoisotopic (exact) mass is 255 g/mol. The van der Waals surface area contributed by atoms with Gasteiger partial charge < -0.3 is 10.5 Å². The maximum Gasteiger partial charge on any atom is 0.120 e. The molecule has 2 unspecified atom stereocenters. The molecular weight excluding hydrogens is 242 g/mol. The first-order valence-electron chi connectivity index (χ1n) is 4.92. The first kappa shape index (κ1) is 9.99. The van der Waals surface area contributed by atoms with Gasteiger partial charge in [0.15, 0.2) is 0 Å². The predicted octanol–water partition coefficient (Wildman–Crippen LogP) is 2.71. The number of hydrogen-bond donors (Lipinski definition) is 1. The third-order valence-corrected chi connectivity index (χ3v) is 3.02. The van der Waals surface area contributed by atoms with E-state index in [2.05, 4.69) is 15.9 Å². The smallest absolute Gasteiger partial charge is 0.120 e. The van der Waals surface area contributed by atoms with Gasteiger partial charge in [-0.1, -0.05) is 22.0 Å². The van der Waals surface area contributed by atoms with Crippen LogP contribution in [0.25, 0.3) is 0 Å². The Kier molecular flexibility index (Phi) is 3.08. The Labute approximate surface area is 92.6 Å². The van der Waals surface area contributed by atoms with Crippen molar-refractivity contribution in [3.8, 4) is 5.75 Å². The van der Waals surface area contributed by atoms with E-state index in [0.717, 1.165) is 29.5 Å². The van der Waals surface area contributed by atoms with Crippen LogP contribution in [-0.2, 0) is 0 Å². The number of hydrogen-bond acceptors (Lipinski definition) is 2. The van der Waals surface area contributed by atoms with E-state index >= 15 is 0 Å². The highest BCUT2D eigenvalue weighted by molar-refractivity contribution is 9.10. The van der Waals surface area contributed by atoms with Gasteiger partial charge in [-0.05, 0) is 37.5 Å². The molecular formula is C11H14BrNO. The predicted molar refractivity (Wildman–Crippen MR) is 60.4 cm³/mol. The van der Waals surface area contributed by atoms with E-state index in [1.807, 2.05) is 24.3 Å². The van der Waals surface area contributed by atoms with Crippen molar-refractivity contribution in [3.63, 3.8) is 0 Å². The standard InChI is InChI=1S/C11H14BrNO/c12-8-2-1-3-10(6-8)14-11-5-4-9(13)7-11/h1-3,6,9,11H,4-5,7,13H2. The van der Waals surface area contributed by atoms with E-state index in [4.69, 9.17) is 10.5 Å². The number of nitrogens with two attached hydrogens (primary N) is 1. The second-order valence-electron chi connectivity index (χ2n) is 3.77. The minimum absolute atomic E-state index is 0.305. The lowest BCUT2D eigenvalue weighted by Gasteiger charge is -2.13. The van der Waals surface area contributed by atoms with Gasteiger partial charge in [0.25, 0.3) is 0 Å². The van der Waals surface area contributed by atoms with Crippen molar-refractivity contribution in [1.82, 2.24) is 0 Å². The summed E-state index contributed by atoms with van der Waals surface area (Å²) >= 11 is 3.42. The minimum atomic E-state index is 0.305. The Morgan fingerprint density at radius 3 is 2.86 bits per heavy atom. The Morgan fingerprint density at radius 1 is 1.36 bits per heavy atom. The van der Waals surface area contributed by atoms with E-state index in [-0.39, 0.29) is 0 Å². The summed E-state index contributed by atoms with van der Waals surface area (Å²) in [6.07, 6.45) is 3.44. The van der Waals surface area contributed by atoms with Gasteiger partial charge in [-0.15, -0.1) is 0 Å². The molecule has 3 heteroatoms. The maximum atomic E-state index is 5.82. The number of halogens is 1. The maximum absolute atomic E-state index is 5.82. The van der Waals surface area contributed by atoms with Gasteiger partial charge in [-0.25, -0.2) is 0 Å². The highest BCUT2D eigenvalue weighted by Gasteiger charge is 2.22. The van der Waals surface area contributed by atoms with Crippen LogP contribution in [0.4, 0.5) is 0 Å². The van der Waals surface area contributed by atoms with Gasteiger partial charge in [0.1, 0.15) is 11.9 Å². The molecule has 2 atom stereocenters.